The molecule has 0 aliphatic rings. The lowest BCUT2D eigenvalue weighted by Gasteiger charge is -2.10. The number of alkyl halides is 1. The third-order valence-corrected chi connectivity index (χ3v) is 3.29. The summed E-state index contributed by atoms with van der Waals surface area (Å²) in [6.45, 7) is 0. The fourth-order valence-electron chi connectivity index (χ4n) is 1.59. The van der Waals surface area contributed by atoms with Gasteiger partial charge in [-0.1, -0.05) is 15.9 Å². The molecule has 4 nitrogen and oxygen atoms in total. The molecule has 2 rings (SSSR count). The molecule has 0 spiro atoms. The zero-order chi connectivity index (χ0) is 14.7. The molecule has 0 amide bonds. The molecule has 2 aromatic carbocycles. The molecular formula is C13H8BrClFNO3. The minimum atomic E-state index is -0.631. The maximum Gasteiger partial charge on any atom is 0.311 e. The van der Waals surface area contributed by atoms with E-state index in [9.17, 15) is 14.5 Å². The van der Waals surface area contributed by atoms with Gasteiger partial charge in [0, 0.05) is 22.2 Å². The van der Waals surface area contributed by atoms with Gasteiger partial charge in [-0.25, -0.2) is 4.39 Å². The van der Waals surface area contributed by atoms with Crippen molar-refractivity contribution in [1.82, 2.24) is 0 Å². The lowest BCUT2D eigenvalue weighted by molar-refractivity contribution is -0.385. The van der Waals surface area contributed by atoms with Gasteiger partial charge in [-0.3, -0.25) is 10.1 Å². The Kier molecular flexibility index (Phi) is 4.57. The molecule has 0 N–H and O–H groups in total. The molecule has 0 aliphatic carbocycles. The normalized spacial score (nSPS) is 10.3. The number of ether oxygens (including phenoxy) is 1. The summed E-state index contributed by atoms with van der Waals surface area (Å²) in [6.07, 6.45) is 0. The van der Waals surface area contributed by atoms with Gasteiger partial charge in [0.25, 0.3) is 0 Å². The summed E-state index contributed by atoms with van der Waals surface area (Å²) >= 11 is 9.08. The van der Waals surface area contributed by atoms with Crippen LogP contribution < -0.4 is 4.74 Å². The molecule has 0 heterocycles. The van der Waals surface area contributed by atoms with Gasteiger partial charge in [-0.2, -0.15) is 0 Å². The Morgan fingerprint density at radius 3 is 2.65 bits per heavy atom. The number of hydrogen-bond acceptors (Lipinski definition) is 3. The molecule has 0 aromatic heterocycles. The monoisotopic (exact) mass is 359 g/mol. The Morgan fingerprint density at radius 1 is 1.25 bits per heavy atom. The van der Waals surface area contributed by atoms with Crippen LogP contribution in [0.25, 0.3) is 0 Å². The molecule has 0 unspecified atom stereocenters. The van der Waals surface area contributed by atoms with Crippen LogP contribution in [0.15, 0.2) is 40.9 Å². The maximum atomic E-state index is 13.2. The van der Waals surface area contributed by atoms with Gasteiger partial charge < -0.3 is 4.74 Å². The quantitative estimate of drug-likeness (QED) is 0.436. The highest BCUT2D eigenvalue weighted by atomic mass is 79.9. The Labute approximate surface area is 127 Å². The third kappa shape index (κ3) is 3.26. The van der Waals surface area contributed by atoms with Gasteiger partial charge in [-0.05, 0) is 24.3 Å². The summed E-state index contributed by atoms with van der Waals surface area (Å²) < 4.78 is 19.5. The number of nitro benzene ring substituents is 1. The first-order chi connectivity index (χ1) is 9.51. The molecule has 0 bridgehead atoms. The molecule has 104 valence electrons. The summed E-state index contributed by atoms with van der Waals surface area (Å²) in [6, 6.07) is 8.08. The molecule has 2 aromatic rings. The first-order valence-corrected chi connectivity index (χ1v) is 6.80. The van der Waals surface area contributed by atoms with Crippen molar-refractivity contribution in [2.75, 3.05) is 0 Å². The number of nitrogens with zero attached hydrogens (tertiary/aromatic N) is 1. The maximum absolute atomic E-state index is 13.2. The predicted molar refractivity (Wildman–Crippen MR) is 76.8 cm³/mol. The molecule has 0 fully saturated rings. The fraction of sp³-hybridized carbons (Fsp3) is 0.0769. The number of rotatable bonds is 4. The lowest BCUT2D eigenvalue weighted by Crippen LogP contribution is -1.96. The van der Waals surface area contributed by atoms with Crippen molar-refractivity contribution >= 4 is 33.2 Å². The van der Waals surface area contributed by atoms with Gasteiger partial charge in [0.2, 0.25) is 5.75 Å². The van der Waals surface area contributed by atoms with Crippen LogP contribution in [0.4, 0.5) is 10.1 Å². The van der Waals surface area contributed by atoms with Crippen molar-refractivity contribution in [3.63, 3.8) is 0 Å². The van der Waals surface area contributed by atoms with E-state index in [2.05, 4.69) is 15.9 Å². The second kappa shape index (κ2) is 6.19. The van der Waals surface area contributed by atoms with Crippen molar-refractivity contribution < 1.29 is 14.1 Å². The first kappa shape index (κ1) is 14.7. The van der Waals surface area contributed by atoms with E-state index in [-0.39, 0.29) is 17.3 Å². The Balaban J connectivity index is 2.44. The smallest absolute Gasteiger partial charge is 0.311 e. The highest BCUT2D eigenvalue weighted by molar-refractivity contribution is 9.10. The second-order valence-electron chi connectivity index (χ2n) is 3.86. The minimum absolute atomic E-state index is 0.163. The molecule has 0 radical (unpaired) electrons. The largest absolute Gasteiger partial charge is 0.450 e. The molecule has 0 aliphatic heterocycles. The van der Waals surface area contributed by atoms with Crippen LogP contribution in [-0.2, 0) is 5.88 Å². The van der Waals surface area contributed by atoms with E-state index in [1.165, 1.54) is 0 Å². The summed E-state index contributed by atoms with van der Waals surface area (Å²) in [7, 11) is 0. The zero-order valence-electron chi connectivity index (χ0n) is 9.98. The molecule has 0 saturated carbocycles. The predicted octanol–water partition coefficient (Wildman–Crippen LogP) is 5.03. The third-order valence-electron chi connectivity index (χ3n) is 2.50. The first-order valence-electron chi connectivity index (χ1n) is 5.47. The summed E-state index contributed by atoms with van der Waals surface area (Å²) in [5, 5.41) is 10.9. The summed E-state index contributed by atoms with van der Waals surface area (Å²) in [4.78, 5) is 10.3. The Hall–Kier alpha value is -1.66. The molecular weight excluding hydrogens is 353 g/mol. The number of hydrogen-bond donors (Lipinski definition) is 0. The van der Waals surface area contributed by atoms with Gasteiger partial charge in [0.05, 0.1) is 10.8 Å². The molecule has 0 atom stereocenters. The van der Waals surface area contributed by atoms with E-state index in [1.807, 2.05) is 0 Å². The van der Waals surface area contributed by atoms with E-state index < -0.39 is 10.7 Å². The van der Waals surface area contributed by atoms with Crippen LogP contribution >= 0.6 is 27.5 Å². The summed E-state index contributed by atoms with van der Waals surface area (Å²) in [5.74, 6) is -0.270. The van der Waals surface area contributed by atoms with Crippen LogP contribution in [0.1, 0.15) is 5.56 Å². The van der Waals surface area contributed by atoms with Crippen LogP contribution in [0.5, 0.6) is 11.5 Å². The highest BCUT2D eigenvalue weighted by Crippen LogP contribution is 2.34. The average Bonchev–Trinajstić information content (AvgIpc) is 2.40. The van der Waals surface area contributed by atoms with Crippen molar-refractivity contribution in [3.05, 3.63) is 62.4 Å². The van der Waals surface area contributed by atoms with E-state index in [0.717, 1.165) is 22.7 Å². The summed E-state index contributed by atoms with van der Waals surface area (Å²) in [5.41, 5.74) is 0.328. The standard InChI is InChI=1S/C13H8BrClFNO3/c14-9-1-4-12(8(5-9)7-15)20-13-6-10(16)2-3-11(13)17(18)19/h1-6H,7H2. The zero-order valence-corrected chi connectivity index (χ0v) is 12.3. The number of benzene rings is 2. The average molecular weight is 361 g/mol. The van der Waals surface area contributed by atoms with Crippen molar-refractivity contribution in [2.24, 2.45) is 0 Å². The van der Waals surface area contributed by atoms with Crippen LogP contribution in [0.2, 0.25) is 0 Å². The SMILES string of the molecule is O=[N+]([O-])c1ccc(F)cc1Oc1ccc(Br)cc1CCl. The highest BCUT2D eigenvalue weighted by Gasteiger charge is 2.17. The lowest BCUT2D eigenvalue weighted by atomic mass is 10.2. The van der Waals surface area contributed by atoms with Crippen LogP contribution in [-0.4, -0.2) is 4.92 Å². The van der Waals surface area contributed by atoms with Crippen molar-refractivity contribution in [1.29, 1.82) is 0 Å². The second-order valence-corrected chi connectivity index (χ2v) is 5.04. The Bertz CT molecular complexity index is 666. The minimum Gasteiger partial charge on any atom is -0.450 e. The van der Waals surface area contributed by atoms with Gasteiger partial charge in [0.15, 0.2) is 0 Å². The van der Waals surface area contributed by atoms with Gasteiger partial charge in [-0.15, -0.1) is 11.6 Å². The number of halogens is 3. The van der Waals surface area contributed by atoms with Gasteiger partial charge in [0.1, 0.15) is 11.6 Å². The van der Waals surface area contributed by atoms with E-state index in [4.69, 9.17) is 16.3 Å². The van der Waals surface area contributed by atoms with E-state index in [1.54, 1.807) is 18.2 Å². The van der Waals surface area contributed by atoms with Crippen LogP contribution in [0, 0.1) is 15.9 Å². The van der Waals surface area contributed by atoms with Gasteiger partial charge >= 0.3 is 5.69 Å². The Morgan fingerprint density at radius 2 is 2.00 bits per heavy atom. The fourth-order valence-corrected chi connectivity index (χ4v) is 2.21. The molecule has 0 saturated heterocycles. The van der Waals surface area contributed by atoms with E-state index >= 15 is 0 Å². The topological polar surface area (TPSA) is 52.4 Å². The van der Waals surface area contributed by atoms with Crippen molar-refractivity contribution in [2.45, 2.75) is 5.88 Å². The molecule has 20 heavy (non-hydrogen) atoms. The molecule has 7 heteroatoms. The van der Waals surface area contributed by atoms with Crippen molar-refractivity contribution in [3.8, 4) is 11.5 Å². The van der Waals surface area contributed by atoms with E-state index in [0.29, 0.717) is 11.3 Å². The number of nitro groups is 1. The van der Waals surface area contributed by atoms with Crippen LogP contribution in [0.3, 0.4) is 0 Å².